The Labute approximate surface area is 181 Å². The number of benzene rings is 1. The number of ketones is 1. The molecule has 0 aliphatic heterocycles. The van der Waals surface area contributed by atoms with Gasteiger partial charge in [-0.15, -0.1) is 0 Å². The molecule has 0 saturated carbocycles. The molecule has 134 valence electrons. The normalized spacial score (nSPS) is 10.8. The fraction of sp³-hybridized carbons (Fsp3) is 0.294. The first-order valence-corrected chi connectivity index (χ1v) is 11.8. The summed E-state index contributed by atoms with van der Waals surface area (Å²) >= 11 is 5.83. The molecule has 0 atom stereocenters. The molecule has 0 fully saturated rings. The maximum Gasteiger partial charge on any atom is 1.00 e. The van der Waals surface area contributed by atoms with E-state index < -0.39 is 19.8 Å². The van der Waals surface area contributed by atoms with Gasteiger partial charge in [0.25, 0.3) is 0 Å². The van der Waals surface area contributed by atoms with E-state index in [1.165, 1.54) is 30.5 Å². The van der Waals surface area contributed by atoms with Crippen molar-refractivity contribution in [3.63, 3.8) is 0 Å². The number of carbonyl (C=O) groups excluding carboxylic acids is 1. The fourth-order valence-corrected chi connectivity index (χ4v) is 2.88. The van der Waals surface area contributed by atoms with E-state index in [1.807, 2.05) is 0 Å². The SMILES string of the molecule is C[Si](C)(C)CCOc1nccc(C(=O)c2ccc(Cl)c(C(=O)O)c2)n1.[H-].[Na+]. The average Bonchev–Trinajstić information content (AvgIpc) is 2.53. The minimum atomic E-state index is -1.24. The van der Waals surface area contributed by atoms with Crippen LogP contribution >= 0.6 is 11.6 Å². The Morgan fingerprint density at radius 2 is 1.96 bits per heavy atom. The Hall–Kier alpha value is -1.25. The second kappa shape index (κ2) is 9.62. The van der Waals surface area contributed by atoms with Gasteiger partial charge < -0.3 is 11.3 Å². The summed E-state index contributed by atoms with van der Waals surface area (Å²) in [5.74, 6) is -1.62. The number of nitrogens with zero attached hydrogens (tertiary/aromatic N) is 2. The minimum absolute atomic E-state index is 0. The van der Waals surface area contributed by atoms with Crippen molar-refractivity contribution < 1.29 is 50.4 Å². The van der Waals surface area contributed by atoms with Gasteiger partial charge in [-0.25, -0.2) is 9.78 Å². The van der Waals surface area contributed by atoms with Crippen molar-refractivity contribution in [2.75, 3.05) is 6.61 Å². The smallest absolute Gasteiger partial charge is 1.00 e. The Morgan fingerprint density at radius 1 is 1.27 bits per heavy atom. The van der Waals surface area contributed by atoms with Crippen molar-refractivity contribution in [2.45, 2.75) is 25.7 Å². The number of aromatic nitrogens is 2. The quantitative estimate of drug-likeness (QED) is 0.546. The molecular weight excluding hydrogens is 383 g/mol. The monoisotopic (exact) mass is 402 g/mol. The van der Waals surface area contributed by atoms with Crippen LogP contribution < -0.4 is 34.3 Å². The summed E-state index contributed by atoms with van der Waals surface area (Å²) in [6.07, 6.45) is 1.44. The van der Waals surface area contributed by atoms with E-state index in [9.17, 15) is 9.59 Å². The molecule has 0 radical (unpaired) electrons. The van der Waals surface area contributed by atoms with E-state index in [0.29, 0.717) is 6.61 Å². The van der Waals surface area contributed by atoms with Crippen LogP contribution in [-0.4, -0.2) is 41.5 Å². The van der Waals surface area contributed by atoms with Crippen LogP contribution in [0.4, 0.5) is 0 Å². The van der Waals surface area contributed by atoms with Gasteiger partial charge in [0.2, 0.25) is 5.78 Å². The van der Waals surface area contributed by atoms with Crippen LogP contribution in [0, 0.1) is 0 Å². The first kappa shape index (κ1) is 22.8. The zero-order chi connectivity index (χ0) is 18.6. The molecule has 1 heterocycles. The van der Waals surface area contributed by atoms with E-state index in [1.54, 1.807) is 0 Å². The van der Waals surface area contributed by atoms with E-state index in [2.05, 4.69) is 29.6 Å². The topological polar surface area (TPSA) is 89.4 Å². The minimum Gasteiger partial charge on any atom is -1.00 e. The summed E-state index contributed by atoms with van der Waals surface area (Å²) < 4.78 is 5.53. The van der Waals surface area contributed by atoms with E-state index in [4.69, 9.17) is 21.4 Å². The molecule has 0 aliphatic carbocycles. The van der Waals surface area contributed by atoms with Gasteiger partial charge in [0.1, 0.15) is 5.69 Å². The van der Waals surface area contributed by atoms with Crippen LogP contribution in [0.25, 0.3) is 0 Å². The van der Waals surface area contributed by atoms with E-state index >= 15 is 0 Å². The molecule has 2 rings (SSSR count). The Bertz CT molecular complexity index is 818. The van der Waals surface area contributed by atoms with Gasteiger partial charge in [-0.3, -0.25) is 4.79 Å². The zero-order valence-corrected chi connectivity index (χ0v) is 19.0. The Balaban J connectivity index is 0.00000338. The number of hydrogen-bond donors (Lipinski definition) is 1. The maximum absolute atomic E-state index is 12.5. The van der Waals surface area contributed by atoms with Crippen molar-refractivity contribution in [3.05, 3.63) is 52.3 Å². The van der Waals surface area contributed by atoms with Crippen molar-refractivity contribution in [1.82, 2.24) is 9.97 Å². The number of ether oxygens (including phenoxy) is 1. The first-order valence-electron chi connectivity index (χ1n) is 7.71. The zero-order valence-electron chi connectivity index (χ0n) is 16.2. The average molecular weight is 403 g/mol. The van der Waals surface area contributed by atoms with Gasteiger partial charge in [-0.1, -0.05) is 31.2 Å². The van der Waals surface area contributed by atoms with Crippen LogP contribution in [0.3, 0.4) is 0 Å². The number of aromatic carboxylic acids is 1. The predicted octanol–water partition coefficient (Wildman–Crippen LogP) is 0.893. The van der Waals surface area contributed by atoms with Crippen molar-refractivity contribution >= 4 is 31.4 Å². The number of carbonyl (C=O) groups is 2. The van der Waals surface area contributed by atoms with Crippen molar-refractivity contribution in [3.8, 4) is 6.01 Å². The summed E-state index contributed by atoms with van der Waals surface area (Å²) in [7, 11) is -1.24. The van der Waals surface area contributed by atoms with Crippen molar-refractivity contribution in [1.29, 1.82) is 0 Å². The summed E-state index contributed by atoms with van der Waals surface area (Å²) in [5, 5.41) is 9.18. The second-order valence-electron chi connectivity index (χ2n) is 6.71. The number of halogens is 1. The Morgan fingerprint density at radius 3 is 2.58 bits per heavy atom. The summed E-state index contributed by atoms with van der Waals surface area (Å²) in [6, 6.07) is 6.63. The molecule has 0 aliphatic rings. The fourth-order valence-electron chi connectivity index (χ4n) is 1.96. The molecule has 0 amide bonds. The molecule has 1 aromatic carbocycles. The van der Waals surface area contributed by atoms with E-state index in [-0.39, 0.29) is 58.8 Å². The van der Waals surface area contributed by atoms with Gasteiger partial charge >= 0.3 is 41.5 Å². The first-order chi connectivity index (χ1) is 11.7. The van der Waals surface area contributed by atoms with Gasteiger partial charge in [-0.05, 0) is 30.3 Å². The van der Waals surface area contributed by atoms with Crippen LogP contribution in [0.1, 0.15) is 27.8 Å². The summed E-state index contributed by atoms with van der Waals surface area (Å²) in [4.78, 5) is 31.8. The van der Waals surface area contributed by atoms with Gasteiger partial charge in [-0.2, -0.15) is 4.98 Å². The number of carboxylic acids is 1. The van der Waals surface area contributed by atoms with Crippen LogP contribution in [0.2, 0.25) is 30.7 Å². The Kier molecular flexibility index (Phi) is 8.43. The largest absolute Gasteiger partial charge is 1.00 e. The summed E-state index contributed by atoms with van der Waals surface area (Å²) in [5.41, 5.74) is 0.193. The third kappa shape index (κ3) is 6.48. The molecule has 9 heteroatoms. The third-order valence-corrected chi connectivity index (χ3v) is 5.44. The molecule has 1 N–H and O–H groups in total. The molecule has 0 unspecified atom stereocenters. The van der Waals surface area contributed by atoms with Crippen LogP contribution in [0.5, 0.6) is 6.01 Å². The summed E-state index contributed by atoms with van der Waals surface area (Å²) in [6.45, 7) is 7.20. The second-order valence-corrected chi connectivity index (χ2v) is 12.7. The van der Waals surface area contributed by atoms with Gasteiger partial charge in [0.15, 0.2) is 0 Å². The molecule has 26 heavy (non-hydrogen) atoms. The number of rotatable bonds is 7. The van der Waals surface area contributed by atoms with Crippen LogP contribution in [0.15, 0.2) is 30.5 Å². The molecule has 1 aromatic heterocycles. The van der Waals surface area contributed by atoms with Crippen LogP contribution in [-0.2, 0) is 0 Å². The molecule has 0 saturated heterocycles. The van der Waals surface area contributed by atoms with Gasteiger partial charge in [0, 0.05) is 19.8 Å². The third-order valence-electron chi connectivity index (χ3n) is 3.41. The molecule has 2 aromatic rings. The van der Waals surface area contributed by atoms with E-state index in [0.717, 1.165) is 6.04 Å². The molecular formula is C17H20ClN2NaO4Si. The number of carboxylic acid groups (broad SMARTS) is 1. The maximum atomic E-state index is 12.5. The molecule has 0 spiro atoms. The van der Waals surface area contributed by atoms with Crippen molar-refractivity contribution in [2.24, 2.45) is 0 Å². The standard InChI is InChI=1S/C17H19ClN2O4Si.Na.H/c1-25(2,3)9-8-24-17-19-7-6-14(20-17)15(21)11-4-5-13(18)12(10-11)16(22)23;;/h4-7,10H,8-9H2,1-3H3,(H,22,23);;/q;+1;-1. The molecule has 0 bridgehead atoms. The predicted molar refractivity (Wildman–Crippen MR) is 98.6 cm³/mol. The van der Waals surface area contributed by atoms with Gasteiger partial charge in [0.05, 0.1) is 17.2 Å². The molecule has 6 nitrogen and oxygen atoms in total. The number of hydrogen-bond acceptors (Lipinski definition) is 5.